The smallest absolute Gasteiger partial charge is 0.149 e. The monoisotopic (exact) mass is 257 g/mol. The largest absolute Gasteiger partial charge is 0.396 e. The van der Waals surface area contributed by atoms with Gasteiger partial charge in [0.1, 0.15) is 11.6 Å². The third-order valence-corrected chi connectivity index (χ3v) is 2.95. The molecule has 5 heteroatoms. The van der Waals surface area contributed by atoms with Gasteiger partial charge in [-0.3, -0.25) is 4.98 Å². The molecular weight excluding hydrogens is 238 g/mol. The topological polar surface area (TPSA) is 81.1 Å². The van der Waals surface area contributed by atoms with Crippen LogP contribution in [0.15, 0.2) is 30.3 Å². The Labute approximate surface area is 113 Å². The summed E-state index contributed by atoms with van der Waals surface area (Å²) < 4.78 is 0. The molecule has 5 nitrogen and oxygen atoms in total. The zero-order valence-corrected chi connectivity index (χ0v) is 11.3. The minimum Gasteiger partial charge on any atom is -0.396 e. The lowest BCUT2D eigenvalue weighted by molar-refractivity contribution is 0.792. The van der Waals surface area contributed by atoms with Crippen LogP contribution in [0.2, 0.25) is 0 Å². The standard InChI is InChI=1S/C14H19N5/c1-3-19(9-11-6-4-5-10(2)17-11)13-8-7-12(15)14(16)18-13/h4-8H,3,9,15H2,1-2H3,(H2,16,18). The van der Waals surface area contributed by atoms with E-state index in [1.807, 2.05) is 31.2 Å². The fourth-order valence-electron chi connectivity index (χ4n) is 1.89. The van der Waals surface area contributed by atoms with Crippen LogP contribution in [-0.4, -0.2) is 16.5 Å². The van der Waals surface area contributed by atoms with Crippen LogP contribution < -0.4 is 16.4 Å². The maximum Gasteiger partial charge on any atom is 0.149 e. The number of aryl methyl sites for hydroxylation is 1. The Kier molecular flexibility index (Phi) is 3.85. The van der Waals surface area contributed by atoms with Crippen molar-refractivity contribution >= 4 is 17.3 Å². The van der Waals surface area contributed by atoms with E-state index in [9.17, 15) is 0 Å². The molecule has 0 aromatic carbocycles. The number of rotatable bonds is 4. The first kappa shape index (κ1) is 13.1. The van der Waals surface area contributed by atoms with E-state index in [0.717, 1.165) is 23.8 Å². The van der Waals surface area contributed by atoms with E-state index in [0.29, 0.717) is 18.1 Å². The molecule has 2 heterocycles. The van der Waals surface area contributed by atoms with Crippen molar-refractivity contribution in [2.24, 2.45) is 0 Å². The Balaban J connectivity index is 2.22. The molecule has 0 amide bonds. The lowest BCUT2D eigenvalue weighted by Crippen LogP contribution is -2.24. The average molecular weight is 257 g/mol. The second kappa shape index (κ2) is 5.56. The van der Waals surface area contributed by atoms with Crippen LogP contribution in [0.25, 0.3) is 0 Å². The van der Waals surface area contributed by atoms with Gasteiger partial charge in [0.05, 0.1) is 17.9 Å². The van der Waals surface area contributed by atoms with Gasteiger partial charge in [-0.1, -0.05) is 6.07 Å². The molecule has 2 aromatic heterocycles. The Morgan fingerprint density at radius 3 is 2.53 bits per heavy atom. The Hall–Kier alpha value is -2.30. The first-order chi connectivity index (χ1) is 9.10. The lowest BCUT2D eigenvalue weighted by Gasteiger charge is -2.22. The van der Waals surface area contributed by atoms with E-state index in [1.54, 1.807) is 6.07 Å². The van der Waals surface area contributed by atoms with Gasteiger partial charge >= 0.3 is 0 Å². The molecule has 0 fully saturated rings. The van der Waals surface area contributed by atoms with Gasteiger partial charge in [-0.2, -0.15) is 0 Å². The summed E-state index contributed by atoms with van der Waals surface area (Å²) in [4.78, 5) is 10.9. The Morgan fingerprint density at radius 2 is 1.89 bits per heavy atom. The summed E-state index contributed by atoms with van der Waals surface area (Å²) in [6.07, 6.45) is 0. The number of pyridine rings is 2. The summed E-state index contributed by atoms with van der Waals surface area (Å²) in [6.45, 7) is 5.59. The number of nitrogen functional groups attached to an aromatic ring is 2. The van der Waals surface area contributed by atoms with Gasteiger partial charge in [-0.25, -0.2) is 4.98 Å². The van der Waals surface area contributed by atoms with Gasteiger partial charge in [0.15, 0.2) is 0 Å². The minimum atomic E-state index is 0.369. The lowest BCUT2D eigenvalue weighted by atomic mass is 10.3. The van der Waals surface area contributed by atoms with Crippen LogP contribution in [0.5, 0.6) is 0 Å². The molecule has 0 aliphatic rings. The predicted molar refractivity (Wildman–Crippen MR) is 78.8 cm³/mol. The van der Waals surface area contributed by atoms with E-state index in [4.69, 9.17) is 11.5 Å². The van der Waals surface area contributed by atoms with Crippen molar-refractivity contribution in [2.45, 2.75) is 20.4 Å². The molecule has 100 valence electrons. The maximum atomic E-state index is 5.75. The van der Waals surface area contributed by atoms with Gasteiger partial charge in [0, 0.05) is 12.2 Å². The molecule has 0 atom stereocenters. The number of nitrogens with two attached hydrogens (primary N) is 2. The average Bonchev–Trinajstić information content (AvgIpc) is 2.39. The highest BCUT2D eigenvalue weighted by molar-refractivity contribution is 5.62. The number of hydrogen-bond acceptors (Lipinski definition) is 5. The van der Waals surface area contributed by atoms with Gasteiger partial charge in [0.25, 0.3) is 0 Å². The quantitative estimate of drug-likeness (QED) is 0.875. The van der Waals surface area contributed by atoms with E-state index < -0.39 is 0 Å². The molecular formula is C14H19N5. The van der Waals surface area contributed by atoms with Crippen molar-refractivity contribution in [3.8, 4) is 0 Å². The molecule has 0 bridgehead atoms. The summed E-state index contributed by atoms with van der Waals surface area (Å²) in [5, 5.41) is 0. The molecule has 0 aliphatic heterocycles. The molecule has 0 unspecified atom stereocenters. The van der Waals surface area contributed by atoms with Gasteiger partial charge < -0.3 is 16.4 Å². The second-order valence-corrected chi connectivity index (χ2v) is 4.43. The van der Waals surface area contributed by atoms with E-state index in [-0.39, 0.29) is 0 Å². The van der Waals surface area contributed by atoms with Crippen molar-refractivity contribution in [3.63, 3.8) is 0 Å². The van der Waals surface area contributed by atoms with Crippen LogP contribution in [0.1, 0.15) is 18.3 Å². The van der Waals surface area contributed by atoms with E-state index in [1.165, 1.54) is 0 Å². The van der Waals surface area contributed by atoms with Crippen LogP contribution >= 0.6 is 0 Å². The molecule has 4 N–H and O–H groups in total. The van der Waals surface area contributed by atoms with Crippen LogP contribution in [0, 0.1) is 6.92 Å². The fraction of sp³-hybridized carbons (Fsp3) is 0.286. The summed E-state index contributed by atoms with van der Waals surface area (Å²) in [5.41, 5.74) is 14.0. The summed E-state index contributed by atoms with van der Waals surface area (Å²) in [5.74, 6) is 1.19. The van der Waals surface area contributed by atoms with Crippen molar-refractivity contribution in [1.29, 1.82) is 0 Å². The normalized spacial score (nSPS) is 10.4. The van der Waals surface area contributed by atoms with Crippen molar-refractivity contribution in [2.75, 3.05) is 22.9 Å². The summed E-state index contributed by atoms with van der Waals surface area (Å²) >= 11 is 0. The number of hydrogen-bond donors (Lipinski definition) is 2. The molecule has 2 rings (SSSR count). The van der Waals surface area contributed by atoms with Crippen LogP contribution in [0.3, 0.4) is 0 Å². The minimum absolute atomic E-state index is 0.369. The molecule has 0 radical (unpaired) electrons. The highest BCUT2D eigenvalue weighted by Gasteiger charge is 2.09. The summed E-state index contributed by atoms with van der Waals surface area (Å²) in [7, 11) is 0. The van der Waals surface area contributed by atoms with Crippen LogP contribution in [0.4, 0.5) is 17.3 Å². The number of anilines is 3. The first-order valence-electron chi connectivity index (χ1n) is 6.29. The van der Waals surface area contributed by atoms with Gasteiger partial charge in [0.2, 0.25) is 0 Å². The van der Waals surface area contributed by atoms with Crippen molar-refractivity contribution in [3.05, 3.63) is 41.7 Å². The SMILES string of the molecule is CCN(Cc1cccc(C)n1)c1ccc(N)c(N)n1. The Morgan fingerprint density at radius 1 is 1.11 bits per heavy atom. The highest BCUT2D eigenvalue weighted by atomic mass is 15.2. The maximum absolute atomic E-state index is 5.75. The third kappa shape index (κ3) is 3.13. The molecule has 0 spiro atoms. The first-order valence-corrected chi connectivity index (χ1v) is 6.29. The van der Waals surface area contributed by atoms with E-state index in [2.05, 4.69) is 21.8 Å². The van der Waals surface area contributed by atoms with Gasteiger partial charge in [-0.05, 0) is 38.1 Å². The Bertz CT molecular complexity index is 568. The number of nitrogens with zero attached hydrogens (tertiary/aromatic N) is 3. The van der Waals surface area contributed by atoms with Crippen molar-refractivity contribution in [1.82, 2.24) is 9.97 Å². The summed E-state index contributed by atoms with van der Waals surface area (Å²) in [6, 6.07) is 9.67. The van der Waals surface area contributed by atoms with Crippen LogP contribution in [-0.2, 0) is 6.54 Å². The molecule has 2 aromatic rings. The fourth-order valence-corrected chi connectivity index (χ4v) is 1.89. The zero-order valence-electron chi connectivity index (χ0n) is 11.3. The second-order valence-electron chi connectivity index (χ2n) is 4.43. The highest BCUT2D eigenvalue weighted by Crippen LogP contribution is 2.19. The molecule has 0 aliphatic carbocycles. The van der Waals surface area contributed by atoms with E-state index >= 15 is 0 Å². The predicted octanol–water partition coefficient (Wildman–Crippen LogP) is 1.98. The third-order valence-electron chi connectivity index (χ3n) is 2.95. The zero-order chi connectivity index (χ0) is 13.8. The van der Waals surface area contributed by atoms with Gasteiger partial charge in [-0.15, -0.1) is 0 Å². The van der Waals surface area contributed by atoms with Crippen molar-refractivity contribution < 1.29 is 0 Å². The number of aromatic nitrogens is 2. The molecule has 0 saturated carbocycles. The molecule has 19 heavy (non-hydrogen) atoms. The molecule has 0 saturated heterocycles.